The standard InChI is InChI=1S/C21H31N3O/c1-2-3-4-5-6-7-8-9-10-11-12-13-18-21(25)24-20-17-15-14-16-19(20)22-23-24/h8-9,14-17H,2-7,10-13,18H2,1H3/b9-8+. The third-order valence-corrected chi connectivity index (χ3v) is 4.49. The third-order valence-electron chi connectivity index (χ3n) is 4.49. The molecule has 0 aliphatic carbocycles. The summed E-state index contributed by atoms with van der Waals surface area (Å²) in [6.07, 6.45) is 17.4. The monoisotopic (exact) mass is 341 g/mol. The lowest BCUT2D eigenvalue weighted by molar-refractivity contribution is 0.0886. The van der Waals surface area contributed by atoms with Crippen molar-refractivity contribution in [3.05, 3.63) is 36.4 Å². The Balaban J connectivity index is 1.54. The van der Waals surface area contributed by atoms with Gasteiger partial charge in [-0.2, -0.15) is 4.68 Å². The molecular formula is C21H31N3O. The Morgan fingerprint density at radius 1 is 0.960 bits per heavy atom. The summed E-state index contributed by atoms with van der Waals surface area (Å²) in [7, 11) is 0. The zero-order valence-corrected chi connectivity index (χ0v) is 15.5. The minimum absolute atomic E-state index is 0.0383. The number of fused-ring (bicyclic) bond motifs is 1. The lowest BCUT2D eigenvalue weighted by atomic mass is 10.1. The normalized spacial score (nSPS) is 11.6. The molecule has 0 saturated heterocycles. The zero-order valence-electron chi connectivity index (χ0n) is 15.5. The van der Waals surface area contributed by atoms with Crippen molar-refractivity contribution in [2.24, 2.45) is 0 Å². The molecule has 0 saturated carbocycles. The van der Waals surface area contributed by atoms with E-state index in [1.54, 1.807) is 0 Å². The third kappa shape index (κ3) is 6.81. The first-order chi connectivity index (χ1) is 12.3. The van der Waals surface area contributed by atoms with Gasteiger partial charge >= 0.3 is 0 Å². The maximum atomic E-state index is 12.2. The molecule has 0 radical (unpaired) electrons. The summed E-state index contributed by atoms with van der Waals surface area (Å²) in [5.41, 5.74) is 1.57. The van der Waals surface area contributed by atoms with Crippen LogP contribution in [0, 0.1) is 0 Å². The van der Waals surface area contributed by atoms with Crippen LogP contribution in [0.3, 0.4) is 0 Å². The van der Waals surface area contributed by atoms with Gasteiger partial charge in [-0.15, -0.1) is 5.10 Å². The first-order valence-corrected chi connectivity index (χ1v) is 9.81. The Morgan fingerprint density at radius 2 is 1.64 bits per heavy atom. The van der Waals surface area contributed by atoms with Gasteiger partial charge in [0.05, 0.1) is 5.52 Å². The molecule has 136 valence electrons. The van der Waals surface area contributed by atoms with Gasteiger partial charge in [-0.25, -0.2) is 0 Å². The second-order valence-corrected chi connectivity index (χ2v) is 6.66. The van der Waals surface area contributed by atoms with Crippen molar-refractivity contribution in [2.45, 2.75) is 77.6 Å². The molecule has 1 aromatic carbocycles. The smallest absolute Gasteiger partial charge is 0.248 e. The van der Waals surface area contributed by atoms with Crippen LogP contribution in [0.5, 0.6) is 0 Å². The van der Waals surface area contributed by atoms with Gasteiger partial charge in [0.15, 0.2) is 0 Å². The molecule has 0 atom stereocenters. The predicted molar refractivity (Wildman–Crippen MR) is 104 cm³/mol. The van der Waals surface area contributed by atoms with E-state index in [0.29, 0.717) is 6.42 Å². The SMILES string of the molecule is CCCCCCC/C=C/CCCCCC(=O)n1nnc2ccccc21. The maximum Gasteiger partial charge on any atom is 0.248 e. The first kappa shape index (κ1) is 19.4. The molecule has 0 amide bonds. The summed E-state index contributed by atoms with van der Waals surface area (Å²) in [6, 6.07) is 7.58. The van der Waals surface area contributed by atoms with E-state index in [0.717, 1.165) is 36.7 Å². The molecule has 0 aliphatic rings. The van der Waals surface area contributed by atoms with E-state index in [-0.39, 0.29) is 5.91 Å². The number of benzene rings is 1. The van der Waals surface area contributed by atoms with Crippen LogP contribution in [0.25, 0.3) is 11.0 Å². The van der Waals surface area contributed by atoms with Crippen LogP contribution in [0.2, 0.25) is 0 Å². The molecular weight excluding hydrogens is 310 g/mol. The predicted octanol–water partition coefficient (Wildman–Crippen LogP) is 5.94. The molecule has 1 aromatic heterocycles. The molecule has 0 spiro atoms. The van der Waals surface area contributed by atoms with Crippen LogP contribution >= 0.6 is 0 Å². The van der Waals surface area contributed by atoms with Gasteiger partial charge in [0.25, 0.3) is 0 Å². The molecule has 0 fully saturated rings. The van der Waals surface area contributed by atoms with E-state index in [1.807, 2.05) is 24.3 Å². The second kappa shape index (κ2) is 11.6. The Labute approximate surface area is 151 Å². The highest BCUT2D eigenvalue weighted by molar-refractivity contribution is 5.88. The van der Waals surface area contributed by atoms with E-state index in [1.165, 1.54) is 43.2 Å². The minimum Gasteiger partial charge on any atom is -0.273 e. The summed E-state index contributed by atoms with van der Waals surface area (Å²) in [5.74, 6) is 0.0383. The average molecular weight is 341 g/mol. The van der Waals surface area contributed by atoms with Gasteiger partial charge in [-0.1, -0.05) is 68.5 Å². The fourth-order valence-electron chi connectivity index (χ4n) is 2.98. The summed E-state index contributed by atoms with van der Waals surface area (Å²) in [6.45, 7) is 2.25. The molecule has 2 rings (SSSR count). The van der Waals surface area contributed by atoms with Crippen LogP contribution in [-0.2, 0) is 0 Å². The van der Waals surface area contributed by atoms with Crippen LogP contribution in [0.1, 0.15) is 82.3 Å². The van der Waals surface area contributed by atoms with Crippen LogP contribution in [0.15, 0.2) is 36.4 Å². The Morgan fingerprint density at radius 3 is 2.40 bits per heavy atom. The molecule has 2 aromatic rings. The Kier molecular flexibility index (Phi) is 8.95. The second-order valence-electron chi connectivity index (χ2n) is 6.66. The van der Waals surface area contributed by atoms with Crippen molar-refractivity contribution in [1.29, 1.82) is 0 Å². The van der Waals surface area contributed by atoms with Crippen molar-refractivity contribution in [3.63, 3.8) is 0 Å². The van der Waals surface area contributed by atoms with Gasteiger partial charge in [0.1, 0.15) is 5.52 Å². The van der Waals surface area contributed by atoms with Crippen molar-refractivity contribution < 1.29 is 4.79 Å². The maximum absolute atomic E-state index is 12.2. The fraction of sp³-hybridized carbons (Fsp3) is 0.571. The summed E-state index contributed by atoms with van der Waals surface area (Å²) >= 11 is 0. The number of para-hydroxylation sites is 1. The highest BCUT2D eigenvalue weighted by atomic mass is 16.2. The number of unbranched alkanes of at least 4 members (excludes halogenated alkanes) is 8. The minimum atomic E-state index is 0.0383. The molecule has 0 unspecified atom stereocenters. The summed E-state index contributed by atoms with van der Waals surface area (Å²) < 4.78 is 1.44. The lowest BCUT2D eigenvalue weighted by Crippen LogP contribution is -2.12. The number of hydrogen-bond acceptors (Lipinski definition) is 3. The Hall–Kier alpha value is -1.97. The van der Waals surface area contributed by atoms with Gasteiger partial charge < -0.3 is 0 Å². The molecule has 0 aliphatic heterocycles. The number of allylic oxidation sites excluding steroid dienone is 2. The van der Waals surface area contributed by atoms with E-state index in [9.17, 15) is 4.79 Å². The van der Waals surface area contributed by atoms with Crippen molar-refractivity contribution in [2.75, 3.05) is 0 Å². The Bertz CT molecular complexity index is 660. The van der Waals surface area contributed by atoms with Crippen molar-refractivity contribution >= 4 is 16.9 Å². The molecule has 25 heavy (non-hydrogen) atoms. The number of carbonyl (C=O) groups is 1. The number of hydrogen-bond donors (Lipinski definition) is 0. The highest BCUT2D eigenvalue weighted by Gasteiger charge is 2.10. The molecule has 1 heterocycles. The van der Waals surface area contributed by atoms with Gasteiger partial charge in [-0.3, -0.25) is 4.79 Å². The van der Waals surface area contributed by atoms with Gasteiger partial charge in [0.2, 0.25) is 5.91 Å². The van der Waals surface area contributed by atoms with E-state index in [2.05, 4.69) is 29.4 Å². The number of aromatic nitrogens is 3. The first-order valence-electron chi connectivity index (χ1n) is 9.81. The molecule has 0 bridgehead atoms. The van der Waals surface area contributed by atoms with Crippen molar-refractivity contribution in [3.8, 4) is 0 Å². The molecule has 0 N–H and O–H groups in total. The number of nitrogens with zero attached hydrogens (tertiary/aromatic N) is 3. The summed E-state index contributed by atoms with van der Waals surface area (Å²) in [5, 5.41) is 8.01. The largest absolute Gasteiger partial charge is 0.273 e. The average Bonchev–Trinajstić information content (AvgIpc) is 3.06. The fourth-order valence-corrected chi connectivity index (χ4v) is 2.98. The lowest BCUT2D eigenvalue weighted by Gasteiger charge is -2.01. The number of rotatable bonds is 12. The topological polar surface area (TPSA) is 47.8 Å². The molecule has 4 nitrogen and oxygen atoms in total. The number of carbonyl (C=O) groups excluding carboxylic acids is 1. The summed E-state index contributed by atoms with van der Waals surface area (Å²) in [4.78, 5) is 12.2. The zero-order chi connectivity index (χ0) is 17.7. The van der Waals surface area contributed by atoms with Gasteiger partial charge in [0, 0.05) is 6.42 Å². The van der Waals surface area contributed by atoms with Crippen LogP contribution < -0.4 is 0 Å². The quantitative estimate of drug-likeness (QED) is 0.354. The van der Waals surface area contributed by atoms with E-state index in [4.69, 9.17) is 0 Å². The van der Waals surface area contributed by atoms with Crippen LogP contribution in [0.4, 0.5) is 0 Å². The van der Waals surface area contributed by atoms with Crippen molar-refractivity contribution in [1.82, 2.24) is 15.0 Å². The van der Waals surface area contributed by atoms with Crippen LogP contribution in [-0.4, -0.2) is 20.9 Å². The highest BCUT2D eigenvalue weighted by Crippen LogP contribution is 2.12. The van der Waals surface area contributed by atoms with E-state index < -0.39 is 0 Å². The van der Waals surface area contributed by atoms with Gasteiger partial charge in [-0.05, 0) is 44.2 Å². The molecule has 4 heteroatoms. The van der Waals surface area contributed by atoms with E-state index >= 15 is 0 Å².